The Morgan fingerprint density at radius 1 is 0.905 bits per heavy atom. The summed E-state index contributed by atoms with van der Waals surface area (Å²) in [6.07, 6.45) is 0. The molecule has 0 bridgehead atoms. The Kier molecular flexibility index (Phi) is 2.81. The van der Waals surface area contributed by atoms with Crippen LogP contribution < -0.4 is 0 Å². The zero-order valence-electron chi connectivity index (χ0n) is 10.6. The summed E-state index contributed by atoms with van der Waals surface area (Å²) in [5.74, 6) is -2.60. The number of hydroxylamine groups is 2. The van der Waals surface area contributed by atoms with Crippen molar-refractivity contribution in [1.29, 1.82) is 0 Å². The molecule has 0 atom stereocenters. The summed E-state index contributed by atoms with van der Waals surface area (Å²) in [6.45, 7) is 0. The van der Waals surface area contributed by atoms with E-state index in [2.05, 4.69) is 0 Å². The molecular weight excluding hydrogens is 274 g/mol. The fourth-order valence-electron chi connectivity index (χ4n) is 2.31. The molecule has 2 N–H and O–H groups in total. The van der Waals surface area contributed by atoms with E-state index in [0.29, 0.717) is 11.1 Å². The van der Waals surface area contributed by atoms with E-state index in [1.165, 1.54) is 18.2 Å². The number of fused-ring (bicyclic) bond motifs is 1. The van der Waals surface area contributed by atoms with Gasteiger partial charge in [-0.1, -0.05) is 24.3 Å². The molecule has 1 aliphatic heterocycles. The first kappa shape index (κ1) is 13.0. The average Bonchev–Trinajstić information content (AvgIpc) is 2.72. The zero-order chi connectivity index (χ0) is 15.1. The second-order valence-electron chi connectivity index (χ2n) is 4.53. The molecule has 6 heteroatoms. The van der Waals surface area contributed by atoms with Crippen LogP contribution in [-0.4, -0.2) is 33.2 Å². The number of aromatic carboxylic acids is 1. The third-order valence-corrected chi connectivity index (χ3v) is 3.34. The summed E-state index contributed by atoms with van der Waals surface area (Å²) < 4.78 is 0. The Bertz CT molecular complexity index is 779. The molecule has 0 aromatic heterocycles. The van der Waals surface area contributed by atoms with Gasteiger partial charge in [0.05, 0.1) is 16.7 Å². The Morgan fingerprint density at radius 3 is 2.14 bits per heavy atom. The van der Waals surface area contributed by atoms with E-state index in [-0.39, 0.29) is 21.8 Å². The molecule has 0 aliphatic carbocycles. The van der Waals surface area contributed by atoms with Gasteiger partial charge in [0, 0.05) is 0 Å². The van der Waals surface area contributed by atoms with Gasteiger partial charge in [-0.25, -0.2) is 4.79 Å². The lowest BCUT2D eigenvalue weighted by Crippen LogP contribution is -2.25. The summed E-state index contributed by atoms with van der Waals surface area (Å²) in [7, 11) is 0. The third kappa shape index (κ3) is 1.89. The van der Waals surface area contributed by atoms with Crippen molar-refractivity contribution in [1.82, 2.24) is 5.06 Å². The summed E-state index contributed by atoms with van der Waals surface area (Å²) in [5.41, 5.74) is 1.43. The van der Waals surface area contributed by atoms with Crippen molar-refractivity contribution in [3.05, 3.63) is 59.2 Å². The largest absolute Gasteiger partial charge is 0.478 e. The van der Waals surface area contributed by atoms with Crippen LogP contribution in [0.3, 0.4) is 0 Å². The van der Waals surface area contributed by atoms with Gasteiger partial charge in [-0.3, -0.25) is 14.8 Å². The molecule has 0 unspecified atom stereocenters. The van der Waals surface area contributed by atoms with Gasteiger partial charge in [0.25, 0.3) is 11.8 Å². The molecule has 0 saturated carbocycles. The minimum atomic E-state index is -1.05. The predicted molar refractivity (Wildman–Crippen MR) is 71.1 cm³/mol. The number of hydrogen-bond acceptors (Lipinski definition) is 4. The average molecular weight is 283 g/mol. The Hall–Kier alpha value is -2.99. The molecule has 3 rings (SSSR count). The summed E-state index contributed by atoms with van der Waals surface area (Å²) >= 11 is 0. The highest BCUT2D eigenvalue weighted by molar-refractivity contribution is 6.23. The number of carboxylic acids is 1. The van der Waals surface area contributed by atoms with Crippen LogP contribution >= 0.6 is 0 Å². The van der Waals surface area contributed by atoms with Crippen LogP contribution in [0.4, 0.5) is 0 Å². The standard InChI is InChI=1S/C15H9NO5/c17-13-11-3-1-2-10(12(11)14(18)16(13)21)8-4-6-9(7-5-8)15(19)20/h1-7,21H,(H,19,20). The monoisotopic (exact) mass is 283 g/mol. The van der Waals surface area contributed by atoms with Crippen LogP contribution in [0.25, 0.3) is 11.1 Å². The number of nitrogens with zero attached hydrogens (tertiary/aromatic N) is 1. The van der Waals surface area contributed by atoms with Gasteiger partial charge >= 0.3 is 5.97 Å². The van der Waals surface area contributed by atoms with Gasteiger partial charge in [0.2, 0.25) is 0 Å². The molecule has 6 nitrogen and oxygen atoms in total. The van der Waals surface area contributed by atoms with E-state index in [1.807, 2.05) is 0 Å². The van der Waals surface area contributed by atoms with Crippen LogP contribution in [-0.2, 0) is 0 Å². The lowest BCUT2D eigenvalue weighted by atomic mass is 9.96. The highest BCUT2D eigenvalue weighted by atomic mass is 16.5. The quantitative estimate of drug-likeness (QED) is 0.649. The van der Waals surface area contributed by atoms with Crippen molar-refractivity contribution < 1.29 is 24.7 Å². The molecule has 2 amide bonds. The van der Waals surface area contributed by atoms with Crippen LogP contribution in [0.2, 0.25) is 0 Å². The first-order valence-corrected chi connectivity index (χ1v) is 6.05. The van der Waals surface area contributed by atoms with Crippen molar-refractivity contribution in [3.63, 3.8) is 0 Å². The SMILES string of the molecule is O=C(O)c1ccc(-c2cccc3c2C(=O)N(O)C3=O)cc1. The molecule has 2 aromatic carbocycles. The number of carbonyl (C=O) groups is 3. The van der Waals surface area contributed by atoms with Crippen molar-refractivity contribution >= 4 is 17.8 Å². The Labute approximate surface area is 118 Å². The first-order chi connectivity index (χ1) is 10.0. The molecule has 1 heterocycles. The second-order valence-corrected chi connectivity index (χ2v) is 4.53. The number of carboxylic acid groups (broad SMARTS) is 1. The molecule has 1 aliphatic rings. The maximum atomic E-state index is 11.9. The second kappa shape index (κ2) is 4.53. The summed E-state index contributed by atoms with van der Waals surface area (Å²) in [4.78, 5) is 34.5. The van der Waals surface area contributed by atoms with E-state index in [9.17, 15) is 19.6 Å². The van der Waals surface area contributed by atoms with Crippen molar-refractivity contribution in [2.75, 3.05) is 0 Å². The normalized spacial score (nSPS) is 13.5. The number of carbonyl (C=O) groups excluding carboxylic acids is 2. The van der Waals surface area contributed by atoms with Gasteiger partial charge in [0.15, 0.2) is 0 Å². The minimum Gasteiger partial charge on any atom is -0.478 e. The molecule has 0 radical (unpaired) electrons. The smallest absolute Gasteiger partial charge is 0.335 e. The first-order valence-electron chi connectivity index (χ1n) is 6.05. The maximum Gasteiger partial charge on any atom is 0.335 e. The number of hydrogen-bond donors (Lipinski definition) is 2. The van der Waals surface area contributed by atoms with E-state index in [1.54, 1.807) is 24.3 Å². The highest BCUT2D eigenvalue weighted by Crippen LogP contribution is 2.32. The van der Waals surface area contributed by atoms with Gasteiger partial charge < -0.3 is 5.11 Å². The molecule has 0 saturated heterocycles. The molecular formula is C15H9NO5. The Balaban J connectivity index is 2.15. The van der Waals surface area contributed by atoms with E-state index < -0.39 is 17.8 Å². The lowest BCUT2D eigenvalue weighted by molar-refractivity contribution is -0.0327. The summed E-state index contributed by atoms with van der Waals surface area (Å²) in [5, 5.41) is 18.4. The van der Waals surface area contributed by atoms with Crippen LogP contribution in [0, 0.1) is 0 Å². The molecule has 0 fully saturated rings. The zero-order valence-corrected chi connectivity index (χ0v) is 10.6. The van der Waals surface area contributed by atoms with Crippen LogP contribution in [0.1, 0.15) is 31.1 Å². The summed E-state index contributed by atoms with van der Waals surface area (Å²) in [6, 6.07) is 10.6. The van der Waals surface area contributed by atoms with E-state index >= 15 is 0 Å². The maximum absolute atomic E-state index is 11.9. The number of rotatable bonds is 2. The van der Waals surface area contributed by atoms with Gasteiger partial charge in [0.1, 0.15) is 0 Å². The van der Waals surface area contributed by atoms with Gasteiger partial charge in [-0.05, 0) is 29.3 Å². The van der Waals surface area contributed by atoms with Crippen molar-refractivity contribution in [2.24, 2.45) is 0 Å². The van der Waals surface area contributed by atoms with E-state index in [4.69, 9.17) is 5.11 Å². The van der Waals surface area contributed by atoms with Crippen molar-refractivity contribution in [2.45, 2.75) is 0 Å². The van der Waals surface area contributed by atoms with Crippen LogP contribution in [0.15, 0.2) is 42.5 Å². The number of imide groups is 1. The lowest BCUT2D eigenvalue weighted by Gasteiger charge is -2.06. The molecule has 0 spiro atoms. The molecule has 2 aromatic rings. The number of amides is 2. The highest BCUT2D eigenvalue weighted by Gasteiger charge is 2.36. The Morgan fingerprint density at radius 2 is 1.52 bits per heavy atom. The van der Waals surface area contributed by atoms with Gasteiger partial charge in [-0.15, -0.1) is 5.06 Å². The minimum absolute atomic E-state index is 0.0831. The fourth-order valence-corrected chi connectivity index (χ4v) is 2.31. The van der Waals surface area contributed by atoms with E-state index in [0.717, 1.165) is 0 Å². The third-order valence-electron chi connectivity index (χ3n) is 3.34. The molecule has 104 valence electrons. The van der Waals surface area contributed by atoms with Gasteiger partial charge in [-0.2, -0.15) is 0 Å². The topological polar surface area (TPSA) is 94.9 Å². The number of benzene rings is 2. The van der Waals surface area contributed by atoms with Crippen molar-refractivity contribution in [3.8, 4) is 11.1 Å². The van der Waals surface area contributed by atoms with Crippen LogP contribution in [0.5, 0.6) is 0 Å². The fraction of sp³-hybridized carbons (Fsp3) is 0. The predicted octanol–water partition coefficient (Wildman–Crippen LogP) is 2.04. The molecule has 21 heavy (non-hydrogen) atoms.